The molecule has 10 nitrogen and oxygen atoms in total. The average molecular weight is 495 g/mol. The SMILES string of the molecule is CCn1nccc1C(=O)N[C@H](C(=O)Nc1cc2c(cn1)C1(CCOCC1)C(=O)N2)[C@H]1CC[C@H](C)CC1. The Morgan fingerprint density at radius 3 is 2.72 bits per heavy atom. The molecule has 2 aromatic heterocycles. The van der Waals surface area contributed by atoms with E-state index in [1.165, 1.54) is 0 Å². The lowest BCUT2D eigenvalue weighted by molar-refractivity contribution is -0.124. The predicted molar refractivity (Wildman–Crippen MR) is 134 cm³/mol. The number of nitrogens with one attached hydrogen (secondary N) is 3. The van der Waals surface area contributed by atoms with Crippen molar-refractivity contribution in [2.75, 3.05) is 23.8 Å². The summed E-state index contributed by atoms with van der Waals surface area (Å²) in [5.41, 5.74) is 1.35. The third kappa shape index (κ3) is 4.50. The summed E-state index contributed by atoms with van der Waals surface area (Å²) in [5, 5.41) is 13.0. The monoisotopic (exact) mass is 494 g/mol. The molecule has 3 N–H and O–H groups in total. The number of fused-ring (bicyclic) bond motifs is 2. The van der Waals surface area contributed by atoms with E-state index < -0.39 is 11.5 Å². The number of hydrogen-bond acceptors (Lipinski definition) is 6. The van der Waals surface area contributed by atoms with Gasteiger partial charge in [0, 0.05) is 43.8 Å². The molecule has 192 valence electrons. The van der Waals surface area contributed by atoms with Crippen LogP contribution in [-0.2, 0) is 26.3 Å². The normalized spacial score (nSPS) is 23.6. The molecule has 1 saturated carbocycles. The van der Waals surface area contributed by atoms with Crippen LogP contribution in [0.25, 0.3) is 0 Å². The Hall–Kier alpha value is -3.27. The Balaban J connectivity index is 1.35. The lowest BCUT2D eigenvalue weighted by Gasteiger charge is -2.32. The van der Waals surface area contributed by atoms with E-state index in [1.54, 1.807) is 29.2 Å². The van der Waals surface area contributed by atoms with Crippen molar-refractivity contribution in [3.05, 3.63) is 35.8 Å². The highest BCUT2D eigenvalue weighted by molar-refractivity contribution is 6.07. The number of rotatable bonds is 6. The molecule has 1 spiro atoms. The smallest absolute Gasteiger partial charge is 0.270 e. The summed E-state index contributed by atoms with van der Waals surface area (Å²) in [6, 6.07) is 2.67. The molecule has 3 amide bonds. The van der Waals surface area contributed by atoms with Crippen LogP contribution in [0.4, 0.5) is 11.5 Å². The maximum absolute atomic E-state index is 13.5. The van der Waals surface area contributed by atoms with Gasteiger partial charge in [-0.3, -0.25) is 19.1 Å². The van der Waals surface area contributed by atoms with E-state index in [0.717, 1.165) is 31.2 Å². The Morgan fingerprint density at radius 2 is 2.00 bits per heavy atom. The van der Waals surface area contributed by atoms with Gasteiger partial charge in [0.2, 0.25) is 11.8 Å². The summed E-state index contributed by atoms with van der Waals surface area (Å²) < 4.78 is 7.08. The zero-order chi connectivity index (χ0) is 25.3. The van der Waals surface area contributed by atoms with Gasteiger partial charge in [0.1, 0.15) is 17.6 Å². The molecule has 0 aromatic carbocycles. The van der Waals surface area contributed by atoms with Crippen LogP contribution in [0.15, 0.2) is 24.5 Å². The Labute approximate surface area is 210 Å². The lowest BCUT2D eigenvalue weighted by atomic mass is 9.76. The van der Waals surface area contributed by atoms with Crippen molar-refractivity contribution >= 4 is 29.2 Å². The second-order valence-electron chi connectivity index (χ2n) is 10.3. The van der Waals surface area contributed by atoms with Crippen molar-refractivity contribution in [1.29, 1.82) is 0 Å². The number of pyridine rings is 1. The van der Waals surface area contributed by atoms with Gasteiger partial charge < -0.3 is 20.7 Å². The molecule has 3 aliphatic rings. The van der Waals surface area contributed by atoms with Crippen LogP contribution in [0.2, 0.25) is 0 Å². The van der Waals surface area contributed by atoms with Crippen molar-refractivity contribution in [3.8, 4) is 0 Å². The quantitative estimate of drug-likeness (QED) is 0.567. The Morgan fingerprint density at radius 1 is 1.25 bits per heavy atom. The third-order valence-corrected chi connectivity index (χ3v) is 8.05. The van der Waals surface area contributed by atoms with E-state index >= 15 is 0 Å². The molecular weight excluding hydrogens is 460 g/mol. The second kappa shape index (κ2) is 10.0. The molecule has 2 fully saturated rings. The maximum atomic E-state index is 13.5. The molecule has 36 heavy (non-hydrogen) atoms. The summed E-state index contributed by atoms with van der Waals surface area (Å²) >= 11 is 0. The van der Waals surface area contributed by atoms with Gasteiger partial charge in [0.15, 0.2) is 0 Å². The highest BCUT2D eigenvalue weighted by atomic mass is 16.5. The predicted octanol–water partition coefficient (Wildman–Crippen LogP) is 2.86. The fourth-order valence-corrected chi connectivity index (χ4v) is 5.80. The van der Waals surface area contributed by atoms with Gasteiger partial charge in [-0.05, 0) is 50.5 Å². The minimum Gasteiger partial charge on any atom is -0.381 e. The first kappa shape index (κ1) is 24.4. The van der Waals surface area contributed by atoms with Crippen LogP contribution in [0.1, 0.15) is 68.4 Å². The fraction of sp³-hybridized carbons (Fsp3) is 0.577. The molecule has 5 rings (SSSR count). The zero-order valence-electron chi connectivity index (χ0n) is 20.9. The van der Waals surface area contributed by atoms with Crippen molar-refractivity contribution in [1.82, 2.24) is 20.1 Å². The summed E-state index contributed by atoms with van der Waals surface area (Å²) in [4.78, 5) is 43.9. The molecule has 0 unspecified atom stereocenters. The van der Waals surface area contributed by atoms with E-state index in [4.69, 9.17) is 4.74 Å². The van der Waals surface area contributed by atoms with Gasteiger partial charge in [-0.15, -0.1) is 0 Å². The lowest BCUT2D eigenvalue weighted by Crippen LogP contribution is -2.49. The first-order valence-corrected chi connectivity index (χ1v) is 12.9. The van der Waals surface area contributed by atoms with E-state index in [0.29, 0.717) is 55.7 Å². The van der Waals surface area contributed by atoms with Gasteiger partial charge in [0.25, 0.3) is 5.91 Å². The van der Waals surface area contributed by atoms with Crippen LogP contribution in [-0.4, -0.2) is 51.7 Å². The summed E-state index contributed by atoms with van der Waals surface area (Å²) in [5.74, 6) is 0.335. The number of nitrogens with zero attached hydrogens (tertiary/aromatic N) is 3. The first-order chi connectivity index (χ1) is 17.4. The average Bonchev–Trinajstić information content (AvgIpc) is 3.46. The Bertz CT molecular complexity index is 1150. The van der Waals surface area contributed by atoms with Crippen molar-refractivity contribution in [2.45, 2.75) is 70.4 Å². The van der Waals surface area contributed by atoms with E-state index in [9.17, 15) is 14.4 Å². The van der Waals surface area contributed by atoms with Crippen LogP contribution >= 0.6 is 0 Å². The van der Waals surface area contributed by atoms with E-state index in [2.05, 4.69) is 33.0 Å². The van der Waals surface area contributed by atoms with Gasteiger partial charge in [-0.2, -0.15) is 5.10 Å². The summed E-state index contributed by atoms with van der Waals surface area (Å²) in [6.45, 7) is 5.76. The fourth-order valence-electron chi connectivity index (χ4n) is 5.80. The number of carbonyl (C=O) groups excluding carboxylic acids is 3. The number of anilines is 2. The maximum Gasteiger partial charge on any atom is 0.270 e. The standard InChI is InChI=1S/C26H34N6O4/c1-3-32-20(8-11-28-32)23(33)31-22(17-6-4-16(2)5-7-17)24(34)30-21-14-19-18(15-27-21)26(25(35)29-19)9-12-36-13-10-26/h8,11,14-17,22H,3-7,9-10,12-13H2,1-2H3,(H,29,35)(H,31,33)(H,27,30,34)/t16-,17-,22-/m0/s1. The van der Waals surface area contributed by atoms with Crippen LogP contribution in [0, 0.1) is 11.8 Å². The molecule has 0 bridgehead atoms. The van der Waals surface area contributed by atoms with Gasteiger partial charge in [-0.1, -0.05) is 19.8 Å². The van der Waals surface area contributed by atoms with Crippen molar-refractivity contribution in [2.24, 2.45) is 11.8 Å². The van der Waals surface area contributed by atoms with E-state index in [-0.39, 0.29) is 23.6 Å². The number of aryl methyl sites for hydroxylation is 1. The topological polar surface area (TPSA) is 127 Å². The van der Waals surface area contributed by atoms with Crippen molar-refractivity contribution < 1.29 is 19.1 Å². The van der Waals surface area contributed by atoms with Crippen LogP contribution in [0.5, 0.6) is 0 Å². The molecule has 1 saturated heterocycles. The molecular formula is C26H34N6O4. The minimum absolute atomic E-state index is 0.0304. The first-order valence-electron chi connectivity index (χ1n) is 12.9. The van der Waals surface area contributed by atoms with Crippen LogP contribution in [0.3, 0.4) is 0 Å². The van der Waals surface area contributed by atoms with Crippen molar-refractivity contribution in [3.63, 3.8) is 0 Å². The minimum atomic E-state index is -0.698. The zero-order valence-corrected chi connectivity index (χ0v) is 20.9. The third-order valence-electron chi connectivity index (χ3n) is 8.05. The van der Waals surface area contributed by atoms with Crippen LogP contribution < -0.4 is 16.0 Å². The summed E-state index contributed by atoms with van der Waals surface area (Å²) in [7, 11) is 0. The highest BCUT2D eigenvalue weighted by Gasteiger charge is 2.48. The number of amides is 3. The summed E-state index contributed by atoms with van der Waals surface area (Å²) in [6.07, 6.45) is 8.27. The Kier molecular flexibility index (Phi) is 6.79. The molecule has 10 heteroatoms. The molecule has 0 radical (unpaired) electrons. The molecule has 4 heterocycles. The molecule has 1 atom stereocenters. The number of hydrogen-bond donors (Lipinski definition) is 3. The highest BCUT2D eigenvalue weighted by Crippen LogP contribution is 2.44. The largest absolute Gasteiger partial charge is 0.381 e. The van der Waals surface area contributed by atoms with Gasteiger partial charge in [0.05, 0.1) is 11.1 Å². The van der Waals surface area contributed by atoms with E-state index in [1.807, 2.05) is 6.92 Å². The number of ether oxygens (including phenoxy) is 1. The second-order valence-corrected chi connectivity index (χ2v) is 10.3. The molecule has 2 aliphatic heterocycles. The van der Waals surface area contributed by atoms with Gasteiger partial charge >= 0.3 is 0 Å². The molecule has 1 aliphatic carbocycles. The number of aromatic nitrogens is 3. The number of carbonyl (C=O) groups is 3. The van der Waals surface area contributed by atoms with Gasteiger partial charge in [-0.25, -0.2) is 4.98 Å². The molecule has 2 aromatic rings.